The summed E-state index contributed by atoms with van der Waals surface area (Å²) >= 11 is 0. The third kappa shape index (κ3) is 3.49. The fraction of sp³-hybridized carbons (Fsp3) is 0.550. The van der Waals surface area contributed by atoms with Gasteiger partial charge in [-0.3, -0.25) is 9.69 Å². The Kier molecular flexibility index (Phi) is 4.98. The van der Waals surface area contributed by atoms with E-state index in [1.165, 1.54) is 0 Å². The highest BCUT2D eigenvalue weighted by Crippen LogP contribution is 2.27. The lowest BCUT2D eigenvalue weighted by atomic mass is 9.96. The van der Waals surface area contributed by atoms with Crippen LogP contribution in [0.15, 0.2) is 28.7 Å². The molecule has 6 nitrogen and oxygen atoms in total. The number of ether oxygens (including phenoxy) is 1. The highest BCUT2D eigenvalue weighted by molar-refractivity contribution is 5.98. The van der Waals surface area contributed by atoms with E-state index in [2.05, 4.69) is 4.90 Å². The van der Waals surface area contributed by atoms with E-state index in [1.54, 1.807) is 0 Å². The van der Waals surface area contributed by atoms with Crippen molar-refractivity contribution >= 4 is 16.9 Å². The molecule has 4 rings (SSSR count). The second-order valence-electron chi connectivity index (χ2n) is 7.44. The lowest BCUT2D eigenvalue weighted by molar-refractivity contribution is 0.0264. The maximum absolute atomic E-state index is 13.0. The number of rotatable bonds is 4. The topological polar surface area (TPSA) is 66.2 Å². The molecule has 26 heavy (non-hydrogen) atoms. The highest BCUT2D eigenvalue weighted by atomic mass is 16.5. The number of furan rings is 1. The summed E-state index contributed by atoms with van der Waals surface area (Å²) in [6.07, 6.45) is 0. The predicted molar refractivity (Wildman–Crippen MR) is 98.2 cm³/mol. The van der Waals surface area contributed by atoms with Crippen LogP contribution in [0.25, 0.3) is 11.0 Å². The first-order valence-electron chi connectivity index (χ1n) is 9.34. The number of carbonyl (C=O) groups is 1. The molecule has 2 atom stereocenters. The zero-order valence-electron chi connectivity index (χ0n) is 15.2. The minimum Gasteiger partial charge on any atom is -0.461 e. The normalized spacial score (nSPS) is 24.5. The molecule has 0 spiro atoms. The van der Waals surface area contributed by atoms with Crippen molar-refractivity contribution in [2.75, 3.05) is 52.5 Å². The molecular formula is C20H26N2O4. The van der Waals surface area contributed by atoms with Crippen LogP contribution in [0.5, 0.6) is 0 Å². The molecule has 2 fully saturated rings. The van der Waals surface area contributed by atoms with Crippen LogP contribution < -0.4 is 0 Å². The monoisotopic (exact) mass is 358 g/mol. The Balaban J connectivity index is 1.46. The van der Waals surface area contributed by atoms with Gasteiger partial charge in [0.2, 0.25) is 0 Å². The third-order valence-electron chi connectivity index (χ3n) is 5.58. The van der Waals surface area contributed by atoms with Gasteiger partial charge in [-0.25, -0.2) is 0 Å². The summed E-state index contributed by atoms with van der Waals surface area (Å²) in [5.74, 6) is 1.33. The van der Waals surface area contributed by atoms with Crippen LogP contribution in [-0.4, -0.2) is 73.4 Å². The molecule has 1 N–H and O–H groups in total. The number of morpholine rings is 1. The lowest BCUT2D eigenvalue weighted by Gasteiger charge is -2.30. The van der Waals surface area contributed by atoms with Gasteiger partial charge in [-0.05, 0) is 37.1 Å². The SMILES string of the molecule is Cc1cc2cc(C(=O)N3C[C@@H](CN4CCOCC4)[C@@H](CO)C3)ccc2o1. The molecule has 2 aliphatic rings. The Labute approximate surface area is 153 Å². The molecule has 1 amide bonds. The van der Waals surface area contributed by atoms with Crippen molar-refractivity contribution < 1.29 is 19.1 Å². The molecule has 3 heterocycles. The first-order valence-corrected chi connectivity index (χ1v) is 9.34. The molecule has 0 aliphatic carbocycles. The summed E-state index contributed by atoms with van der Waals surface area (Å²) in [6, 6.07) is 7.54. The molecule has 2 saturated heterocycles. The number of aliphatic hydroxyl groups is 1. The van der Waals surface area contributed by atoms with Crippen molar-refractivity contribution in [3.8, 4) is 0 Å². The quantitative estimate of drug-likeness (QED) is 0.902. The molecule has 0 radical (unpaired) electrons. The Bertz CT molecular complexity index is 781. The second kappa shape index (κ2) is 7.39. The lowest BCUT2D eigenvalue weighted by Crippen LogP contribution is -2.41. The minimum absolute atomic E-state index is 0.0358. The van der Waals surface area contributed by atoms with Gasteiger partial charge in [0.05, 0.1) is 13.2 Å². The number of amides is 1. The van der Waals surface area contributed by atoms with Crippen LogP contribution in [0.2, 0.25) is 0 Å². The number of hydrogen-bond donors (Lipinski definition) is 1. The number of nitrogens with zero attached hydrogens (tertiary/aromatic N) is 2. The number of likely N-dealkylation sites (tertiary alicyclic amines) is 1. The van der Waals surface area contributed by atoms with E-state index in [9.17, 15) is 9.90 Å². The third-order valence-corrected chi connectivity index (χ3v) is 5.58. The van der Waals surface area contributed by atoms with Crippen LogP contribution in [0.4, 0.5) is 0 Å². The van der Waals surface area contributed by atoms with Gasteiger partial charge in [0.25, 0.3) is 5.91 Å². The first-order chi connectivity index (χ1) is 12.6. The summed E-state index contributed by atoms with van der Waals surface area (Å²) in [4.78, 5) is 17.2. The van der Waals surface area contributed by atoms with E-state index in [0.717, 1.165) is 49.6 Å². The zero-order chi connectivity index (χ0) is 18.1. The number of hydrogen-bond acceptors (Lipinski definition) is 5. The molecule has 6 heteroatoms. The molecule has 0 bridgehead atoms. The number of benzene rings is 1. The Morgan fingerprint density at radius 2 is 1.96 bits per heavy atom. The van der Waals surface area contributed by atoms with Gasteiger partial charge in [-0.15, -0.1) is 0 Å². The Hall–Kier alpha value is -1.89. The highest BCUT2D eigenvalue weighted by Gasteiger charge is 2.36. The standard InChI is InChI=1S/C20H26N2O4/c1-14-8-16-9-15(2-3-19(16)26-14)20(24)22-11-17(18(12-22)13-23)10-21-4-6-25-7-5-21/h2-3,8-9,17-18,23H,4-7,10-13H2,1H3/t17-,18-/m1/s1. The number of aliphatic hydroxyl groups excluding tert-OH is 1. The Morgan fingerprint density at radius 3 is 2.73 bits per heavy atom. The molecular weight excluding hydrogens is 332 g/mol. The summed E-state index contributed by atoms with van der Waals surface area (Å²) in [7, 11) is 0. The van der Waals surface area contributed by atoms with Crippen molar-refractivity contribution in [3.63, 3.8) is 0 Å². The molecule has 2 aromatic rings. The minimum atomic E-state index is 0.0358. The van der Waals surface area contributed by atoms with Crippen molar-refractivity contribution in [3.05, 3.63) is 35.6 Å². The van der Waals surface area contributed by atoms with Crippen LogP contribution in [0, 0.1) is 18.8 Å². The molecule has 2 aliphatic heterocycles. The van der Waals surface area contributed by atoms with Crippen LogP contribution >= 0.6 is 0 Å². The van der Waals surface area contributed by atoms with E-state index in [-0.39, 0.29) is 18.4 Å². The summed E-state index contributed by atoms with van der Waals surface area (Å²) in [5, 5.41) is 10.7. The van der Waals surface area contributed by atoms with Gasteiger partial charge in [-0.2, -0.15) is 0 Å². The van der Waals surface area contributed by atoms with Crippen molar-refractivity contribution in [2.45, 2.75) is 6.92 Å². The maximum Gasteiger partial charge on any atom is 0.253 e. The van der Waals surface area contributed by atoms with Gasteiger partial charge >= 0.3 is 0 Å². The van der Waals surface area contributed by atoms with Crippen molar-refractivity contribution in [1.29, 1.82) is 0 Å². The fourth-order valence-electron chi connectivity index (χ4n) is 4.13. The van der Waals surface area contributed by atoms with Gasteiger partial charge in [0.15, 0.2) is 0 Å². The van der Waals surface area contributed by atoms with E-state index in [1.807, 2.05) is 36.1 Å². The van der Waals surface area contributed by atoms with Gasteiger partial charge in [0.1, 0.15) is 11.3 Å². The van der Waals surface area contributed by atoms with Gasteiger partial charge in [-0.1, -0.05) is 0 Å². The van der Waals surface area contributed by atoms with Gasteiger partial charge in [0, 0.05) is 56.2 Å². The number of fused-ring (bicyclic) bond motifs is 1. The van der Waals surface area contributed by atoms with Crippen molar-refractivity contribution in [1.82, 2.24) is 9.80 Å². The van der Waals surface area contributed by atoms with Crippen molar-refractivity contribution in [2.24, 2.45) is 11.8 Å². The van der Waals surface area contributed by atoms with E-state index >= 15 is 0 Å². The molecule has 0 unspecified atom stereocenters. The largest absolute Gasteiger partial charge is 0.461 e. The average molecular weight is 358 g/mol. The zero-order valence-corrected chi connectivity index (χ0v) is 15.2. The van der Waals surface area contributed by atoms with E-state index < -0.39 is 0 Å². The number of aryl methyl sites for hydroxylation is 1. The second-order valence-corrected chi connectivity index (χ2v) is 7.44. The summed E-state index contributed by atoms with van der Waals surface area (Å²) in [5.41, 5.74) is 1.49. The first kappa shape index (κ1) is 17.5. The van der Waals surface area contributed by atoms with Gasteiger partial charge < -0.3 is 19.2 Å². The van der Waals surface area contributed by atoms with Crippen LogP contribution in [-0.2, 0) is 4.74 Å². The maximum atomic E-state index is 13.0. The molecule has 140 valence electrons. The average Bonchev–Trinajstić information content (AvgIpc) is 3.23. The molecule has 0 saturated carbocycles. The van der Waals surface area contributed by atoms with E-state index in [4.69, 9.17) is 9.15 Å². The fourth-order valence-corrected chi connectivity index (χ4v) is 4.13. The van der Waals surface area contributed by atoms with Crippen LogP contribution in [0.1, 0.15) is 16.1 Å². The Morgan fingerprint density at radius 1 is 1.19 bits per heavy atom. The molecule has 1 aromatic carbocycles. The van der Waals surface area contributed by atoms with E-state index in [0.29, 0.717) is 24.6 Å². The molecule has 1 aromatic heterocycles. The van der Waals surface area contributed by atoms with Crippen LogP contribution in [0.3, 0.4) is 0 Å². The summed E-state index contributed by atoms with van der Waals surface area (Å²) in [6.45, 7) is 7.66. The number of carbonyl (C=O) groups excluding carboxylic acids is 1. The smallest absolute Gasteiger partial charge is 0.253 e. The summed E-state index contributed by atoms with van der Waals surface area (Å²) < 4.78 is 11.0. The predicted octanol–water partition coefficient (Wildman–Crippen LogP) is 1.75.